The van der Waals surface area contributed by atoms with E-state index in [0.717, 1.165) is 57.8 Å². The Morgan fingerprint density at radius 2 is 1.00 bits per heavy atom. The van der Waals surface area contributed by atoms with Gasteiger partial charge in [0, 0.05) is 11.9 Å². The van der Waals surface area contributed by atoms with Gasteiger partial charge in [-0.1, -0.05) is 103 Å². The summed E-state index contributed by atoms with van der Waals surface area (Å²) in [5.41, 5.74) is 0. The zero-order valence-electron chi connectivity index (χ0n) is 18.1. The monoisotopic (exact) mass is 414 g/mol. The molecule has 0 radical (unpaired) electrons. The average Bonchev–Trinajstić information content (AvgIpc) is 2.59. The zero-order chi connectivity index (χ0) is 19.5. The molecule has 0 aliphatic rings. The van der Waals surface area contributed by atoms with Crippen molar-refractivity contribution in [3.63, 3.8) is 0 Å². The van der Waals surface area contributed by atoms with Crippen molar-refractivity contribution >= 4 is 10.1 Å². The SMILES string of the molecule is CCCCCCC(CCCCCCCCCCCCCCO)S(=O)(=O)[O-].[Na+]. The van der Waals surface area contributed by atoms with Gasteiger partial charge in [-0.3, -0.25) is 0 Å². The van der Waals surface area contributed by atoms with Crippen LogP contribution in [0.15, 0.2) is 0 Å². The van der Waals surface area contributed by atoms with E-state index in [-0.39, 0.29) is 29.6 Å². The van der Waals surface area contributed by atoms with Gasteiger partial charge in [-0.05, 0) is 19.3 Å². The molecule has 158 valence electrons. The molecule has 0 spiro atoms. The first-order valence-electron chi connectivity index (χ1n) is 11.1. The minimum atomic E-state index is -4.13. The van der Waals surface area contributed by atoms with Gasteiger partial charge in [0.25, 0.3) is 0 Å². The summed E-state index contributed by atoms with van der Waals surface area (Å²) >= 11 is 0. The standard InChI is InChI=1S/C21H44O4S.Na/c1-2-3-4-15-18-21(26(23,24)25)19-16-13-11-9-7-5-6-8-10-12-14-17-20-22;/h21-22H,2-20H2,1H3,(H,23,24,25);/q;+1/p-1. The molecule has 0 bridgehead atoms. The number of aliphatic hydroxyl groups is 1. The molecule has 0 saturated carbocycles. The second-order valence-electron chi connectivity index (χ2n) is 7.72. The Labute approximate surface area is 191 Å². The van der Waals surface area contributed by atoms with Crippen LogP contribution in [0, 0.1) is 0 Å². The molecule has 0 aliphatic carbocycles. The van der Waals surface area contributed by atoms with E-state index < -0.39 is 15.4 Å². The van der Waals surface area contributed by atoms with Crippen LogP contribution in [0.3, 0.4) is 0 Å². The maximum Gasteiger partial charge on any atom is 1.00 e. The van der Waals surface area contributed by atoms with Crippen LogP contribution in [-0.4, -0.2) is 29.9 Å². The van der Waals surface area contributed by atoms with E-state index in [4.69, 9.17) is 5.11 Å². The Hall–Kier alpha value is 0.870. The molecule has 0 fully saturated rings. The minimum Gasteiger partial charge on any atom is -0.748 e. The van der Waals surface area contributed by atoms with Crippen LogP contribution >= 0.6 is 0 Å². The van der Waals surface area contributed by atoms with Crippen molar-refractivity contribution in [1.29, 1.82) is 0 Å². The molecule has 0 aromatic carbocycles. The Bertz CT molecular complexity index is 388. The molecule has 6 heteroatoms. The van der Waals surface area contributed by atoms with Crippen LogP contribution in [0.2, 0.25) is 0 Å². The van der Waals surface area contributed by atoms with Crippen molar-refractivity contribution in [2.75, 3.05) is 6.61 Å². The van der Waals surface area contributed by atoms with Crippen LogP contribution in [0.1, 0.15) is 122 Å². The Kier molecular flexibility index (Phi) is 24.0. The van der Waals surface area contributed by atoms with Gasteiger partial charge in [-0.15, -0.1) is 0 Å². The summed E-state index contributed by atoms with van der Waals surface area (Å²) in [6.45, 7) is 2.45. The molecule has 1 N–H and O–H groups in total. The van der Waals surface area contributed by atoms with E-state index in [1.165, 1.54) is 44.9 Å². The van der Waals surface area contributed by atoms with Gasteiger partial charge in [-0.2, -0.15) is 0 Å². The van der Waals surface area contributed by atoms with Crippen molar-refractivity contribution in [2.24, 2.45) is 0 Å². The van der Waals surface area contributed by atoms with E-state index in [1.807, 2.05) is 0 Å². The molecular formula is C21H43NaO4S. The molecule has 0 rings (SSSR count). The van der Waals surface area contributed by atoms with Gasteiger partial charge in [-0.25, -0.2) is 8.42 Å². The molecule has 1 atom stereocenters. The Balaban J connectivity index is 0. The maximum absolute atomic E-state index is 11.4. The Morgan fingerprint density at radius 1 is 0.667 bits per heavy atom. The van der Waals surface area contributed by atoms with Gasteiger partial charge >= 0.3 is 29.6 Å². The van der Waals surface area contributed by atoms with E-state index in [9.17, 15) is 13.0 Å². The molecule has 27 heavy (non-hydrogen) atoms. The first kappa shape index (κ1) is 30.1. The van der Waals surface area contributed by atoms with Crippen molar-refractivity contribution in [1.82, 2.24) is 0 Å². The topological polar surface area (TPSA) is 77.4 Å². The summed E-state index contributed by atoms with van der Waals surface area (Å²) in [5, 5.41) is 8.05. The largest absolute Gasteiger partial charge is 1.00 e. The normalized spacial score (nSPS) is 12.7. The quantitative estimate of drug-likeness (QED) is 0.189. The van der Waals surface area contributed by atoms with Crippen molar-refractivity contribution in [3.05, 3.63) is 0 Å². The smallest absolute Gasteiger partial charge is 0.748 e. The average molecular weight is 415 g/mol. The minimum absolute atomic E-state index is 0. The number of hydrogen-bond donors (Lipinski definition) is 1. The van der Waals surface area contributed by atoms with Crippen molar-refractivity contribution in [2.45, 2.75) is 128 Å². The third kappa shape index (κ3) is 21.4. The van der Waals surface area contributed by atoms with Crippen LogP contribution < -0.4 is 29.6 Å². The van der Waals surface area contributed by atoms with Crippen LogP contribution in [0.25, 0.3) is 0 Å². The summed E-state index contributed by atoms with van der Waals surface area (Å²) in [5.74, 6) is 0. The number of hydrogen-bond acceptors (Lipinski definition) is 4. The second kappa shape index (κ2) is 21.6. The number of rotatable bonds is 20. The fraction of sp³-hybridized carbons (Fsp3) is 1.00. The predicted molar refractivity (Wildman–Crippen MR) is 109 cm³/mol. The molecule has 0 amide bonds. The van der Waals surface area contributed by atoms with Gasteiger partial charge in [0.15, 0.2) is 0 Å². The van der Waals surface area contributed by atoms with E-state index >= 15 is 0 Å². The summed E-state index contributed by atoms with van der Waals surface area (Å²) in [6, 6.07) is 0. The molecule has 0 aliphatic heterocycles. The van der Waals surface area contributed by atoms with Gasteiger partial charge in [0.1, 0.15) is 0 Å². The summed E-state index contributed by atoms with van der Waals surface area (Å²) in [7, 11) is -4.13. The van der Waals surface area contributed by atoms with Gasteiger partial charge in [0.05, 0.1) is 10.1 Å². The zero-order valence-corrected chi connectivity index (χ0v) is 20.9. The van der Waals surface area contributed by atoms with Gasteiger partial charge < -0.3 is 9.66 Å². The molecule has 1 unspecified atom stereocenters. The molecule has 0 aromatic rings. The molecule has 4 nitrogen and oxygen atoms in total. The van der Waals surface area contributed by atoms with Crippen LogP contribution in [-0.2, 0) is 10.1 Å². The fourth-order valence-corrected chi connectivity index (χ4v) is 4.39. The third-order valence-electron chi connectivity index (χ3n) is 5.22. The summed E-state index contributed by atoms with van der Waals surface area (Å²) in [6.07, 6.45) is 19.3. The van der Waals surface area contributed by atoms with Crippen LogP contribution in [0.4, 0.5) is 0 Å². The van der Waals surface area contributed by atoms with E-state index in [2.05, 4.69) is 6.92 Å². The summed E-state index contributed by atoms with van der Waals surface area (Å²) in [4.78, 5) is 0. The first-order valence-corrected chi connectivity index (χ1v) is 12.5. The van der Waals surface area contributed by atoms with E-state index in [0.29, 0.717) is 19.4 Å². The maximum atomic E-state index is 11.4. The molecule has 0 saturated heterocycles. The van der Waals surface area contributed by atoms with Crippen molar-refractivity contribution in [3.8, 4) is 0 Å². The fourth-order valence-electron chi connectivity index (χ4n) is 3.48. The van der Waals surface area contributed by atoms with E-state index in [1.54, 1.807) is 0 Å². The summed E-state index contributed by atoms with van der Waals surface area (Å²) < 4.78 is 34.1. The number of unbranched alkanes of at least 4 members (excludes halogenated alkanes) is 14. The Morgan fingerprint density at radius 3 is 1.33 bits per heavy atom. The molecule has 0 aromatic heterocycles. The second-order valence-corrected chi connectivity index (χ2v) is 9.37. The molecular weight excluding hydrogens is 371 g/mol. The van der Waals surface area contributed by atoms with Gasteiger partial charge in [0.2, 0.25) is 0 Å². The molecule has 0 heterocycles. The predicted octanol–water partition coefficient (Wildman–Crippen LogP) is 2.94. The first-order chi connectivity index (χ1) is 12.5. The number of aliphatic hydroxyl groups excluding tert-OH is 1. The van der Waals surface area contributed by atoms with Crippen LogP contribution in [0.5, 0.6) is 0 Å². The third-order valence-corrected chi connectivity index (χ3v) is 6.51. The van der Waals surface area contributed by atoms with Crippen molar-refractivity contribution < 1.29 is 47.6 Å².